The molecule has 2 aromatic rings. The number of hydrogen-bond acceptors (Lipinski definition) is 6. The number of piperidine rings is 1. The van der Waals surface area contributed by atoms with Crippen molar-refractivity contribution in [3.8, 4) is 0 Å². The number of rotatable bonds is 5. The summed E-state index contributed by atoms with van der Waals surface area (Å²) in [6.45, 7) is 0.571. The highest BCUT2D eigenvalue weighted by Crippen LogP contribution is 2.61. The molecule has 182 valence electrons. The Kier molecular flexibility index (Phi) is 5.75. The van der Waals surface area contributed by atoms with E-state index in [1.54, 1.807) is 12.1 Å². The Morgan fingerprint density at radius 1 is 1.06 bits per heavy atom. The van der Waals surface area contributed by atoms with Gasteiger partial charge in [-0.3, -0.25) is 4.79 Å². The quantitative estimate of drug-likeness (QED) is 0.617. The van der Waals surface area contributed by atoms with Crippen LogP contribution in [-0.2, 0) is 20.2 Å². The summed E-state index contributed by atoms with van der Waals surface area (Å²) in [5.74, 6) is 1.88. The molecule has 4 aliphatic carbocycles. The summed E-state index contributed by atoms with van der Waals surface area (Å²) in [7, 11) is -3.67. The van der Waals surface area contributed by atoms with Crippen molar-refractivity contribution < 1.29 is 13.2 Å². The molecule has 1 aromatic carbocycles. The topological polar surface area (TPSA) is 92.3 Å². The summed E-state index contributed by atoms with van der Waals surface area (Å²) >= 11 is 7.43. The lowest BCUT2D eigenvalue weighted by Crippen LogP contribution is -2.48. The van der Waals surface area contributed by atoms with Gasteiger partial charge in [0, 0.05) is 23.5 Å². The highest BCUT2D eigenvalue weighted by atomic mass is 35.5. The van der Waals surface area contributed by atoms with E-state index in [0.717, 1.165) is 22.8 Å². The van der Waals surface area contributed by atoms with Gasteiger partial charge in [-0.1, -0.05) is 22.9 Å². The number of sulfonamides is 1. The fraction of sp³-hybridized carbons (Fsp3) is 0.625. The van der Waals surface area contributed by atoms with Crippen molar-refractivity contribution in [1.82, 2.24) is 14.5 Å². The Labute approximate surface area is 209 Å². The van der Waals surface area contributed by atoms with Crippen LogP contribution in [0.4, 0.5) is 5.13 Å². The number of benzene rings is 1. The van der Waals surface area contributed by atoms with Gasteiger partial charge >= 0.3 is 0 Å². The van der Waals surface area contributed by atoms with Gasteiger partial charge in [0.1, 0.15) is 5.01 Å². The average molecular weight is 521 g/mol. The number of nitrogens with one attached hydrogen (secondary N) is 1. The molecule has 1 aromatic heterocycles. The fourth-order valence-electron chi connectivity index (χ4n) is 7.20. The van der Waals surface area contributed by atoms with E-state index in [0.29, 0.717) is 29.5 Å². The lowest BCUT2D eigenvalue weighted by atomic mass is 9.50. The maximum atomic E-state index is 13.1. The van der Waals surface area contributed by atoms with Gasteiger partial charge in [-0.05, 0) is 93.4 Å². The van der Waals surface area contributed by atoms with Crippen LogP contribution in [-0.4, -0.2) is 41.9 Å². The number of amides is 1. The van der Waals surface area contributed by atoms with Gasteiger partial charge in [0.15, 0.2) is 0 Å². The molecule has 0 radical (unpaired) electrons. The number of carbonyl (C=O) groups excluding carboxylic acids is 1. The van der Waals surface area contributed by atoms with Crippen molar-refractivity contribution in [3.05, 3.63) is 34.3 Å². The van der Waals surface area contributed by atoms with Gasteiger partial charge in [0.05, 0.1) is 10.8 Å². The van der Waals surface area contributed by atoms with Crippen LogP contribution in [0.25, 0.3) is 0 Å². The Morgan fingerprint density at radius 3 is 2.35 bits per heavy atom. The van der Waals surface area contributed by atoms with Gasteiger partial charge in [0.2, 0.25) is 21.1 Å². The van der Waals surface area contributed by atoms with Crippen LogP contribution in [0.3, 0.4) is 0 Å². The number of aromatic nitrogens is 2. The Bertz CT molecular complexity index is 1160. The minimum absolute atomic E-state index is 0.156. The minimum Gasteiger partial charge on any atom is -0.300 e. The molecule has 0 spiro atoms. The Hall–Kier alpha value is -1.55. The van der Waals surface area contributed by atoms with Crippen LogP contribution in [0, 0.1) is 23.7 Å². The lowest BCUT2D eigenvalue weighted by Gasteiger charge is -2.55. The molecule has 2 heterocycles. The number of hydrogen-bond donors (Lipinski definition) is 1. The third-order valence-corrected chi connectivity index (χ3v) is 11.6. The van der Waals surface area contributed by atoms with E-state index >= 15 is 0 Å². The first-order valence-electron chi connectivity index (χ1n) is 12.2. The monoisotopic (exact) mass is 520 g/mol. The molecule has 1 atom stereocenters. The normalized spacial score (nSPS) is 33.2. The third kappa shape index (κ3) is 4.08. The van der Waals surface area contributed by atoms with E-state index < -0.39 is 15.9 Å². The Balaban J connectivity index is 1.13. The van der Waals surface area contributed by atoms with E-state index in [1.165, 1.54) is 66.3 Å². The minimum atomic E-state index is -3.67. The van der Waals surface area contributed by atoms with E-state index in [4.69, 9.17) is 11.6 Å². The molecule has 1 amide bonds. The molecular weight excluding hydrogens is 492 g/mol. The van der Waals surface area contributed by atoms with Gasteiger partial charge < -0.3 is 5.32 Å². The zero-order valence-electron chi connectivity index (χ0n) is 19.0. The lowest BCUT2D eigenvalue weighted by molar-refractivity contribution is -0.120. The van der Waals surface area contributed by atoms with Gasteiger partial charge in [0.25, 0.3) is 0 Å². The maximum absolute atomic E-state index is 13.1. The predicted molar refractivity (Wildman–Crippen MR) is 131 cm³/mol. The van der Waals surface area contributed by atoms with Crippen molar-refractivity contribution in [2.24, 2.45) is 23.7 Å². The second-order valence-corrected chi connectivity index (χ2v) is 14.1. The molecule has 10 heteroatoms. The third-order valence-electron chi connectivity index (χ3n) is 8.35. The fourth-order valence-corrected chi connectivity index (χ4v) is 9.81. The summed E-state index contributed by atoms with van der Waals surface area (Å²) in [5, 5.41) is 13.9. The summed E-state index contributed by atoms with van der Waals surface area (Å²) in [5.41, 5.74) is 0.156. The molecule has 1 unspecified atom stereocenters. The van der Waals surface area contributed by atoms with E-state index in [9.17, 15) is 13.2 Å². The van der Waals surface area contributed by atoms with Gasteiger partial charge in [-0.2, -0.15) is 4.31 Å². The second kappa shape index (κ2) is 8.54. The van der Waals surface area contributed by atoms with Crippen molar-refractivity contribution in [3.63, 3.8) is 0 Å². The van der Waals surface area contributed by atoms with Crippen LogP contribution >= 0.6 is 22.9 Å². The van der Waals surface area contributed by atoms with Crippen LogP contribution in [0.1, 0.15) is 56.4 Å². The Morgan fingerprint density at radius 2 is 1.71 bits per heavy atom. The standard InChI is InChI=1S/C24H29ClN4O3S2/c25-19-3-5-20(6-4-19)34(31,32)29-7-1-2-18(14-29)21(30)26-23-28-27-22(33-23)24-11-15-8-16(12-24)10-17(9-15)13-24/h3-6,15-18H,1-2,7-14H2,(H,26,28,30). The summed E-state index contributed by atoms with van der Waals surface area (Å²) in [6, 6.07) is 6.15. The average Bonchev–Trinajstić information content (AvgIpc) is 3.28. The SMILES string of the molecule is O=C(Nc1nnc(C23CC4CC(CC(C4)C2)C3)s1)C1CCCN(S(=O)(=O)c2ccc(Cl)cc2)C1. The first-order chi connectivity index (χ1) is 16.3. The number of anilines is 1. The van der Waals surface area contributed by atoms with Gasteiger partial charge in [-0.15, -0.1) is 10.2 Å². The largest absolute Gasteiger partial charge is 0.300 e. The molecular formula is C24H29ClN4O3S2. The molecule has 7 rings (SSSR count). The number of nitrogens with zero attached hydrogens (tertiary/aromatic N) is 3. The number of halogens is 1. The molecule has 1 saturated heterocycles. The van der Waals surface area contributed by atoms with E-state index in [2.05, 4.69) is 15.5 Å². The van der Waals surface area contributed by atoms with Crippen LogP contribution in [0.5, 0.6) is 0 Å². The van der Waals surface area contributed by atoms with E-state index in [1.807, 2.05) is 0 Å². The highest BCUT2D eigenvalue weighted by molar-refractivity contribution is 7.89. The molecule has 34 heavy (non-hydrogen) atoms. The zero-order chi connectivity index (χ0) is 23.5. The van der Waals surface area contributed by atoms with Crippen LogP contribution < -0.4 is 5.32 Å². The molecule has 5 fully saturated rings. The van der Waals surface area contributed by atoms with Crippen molar-refractivity contribution in [2.75, 3.05) is 18.4 Å². The van der Waals surface area contributed by atoms with Gasteiger partial charge in [-0.25, -0.2) is 8.42 Å². The smallest absolute Gasteiger partial charge is 0.243 e. The second-order valence-electron chi connectivity index (χ2n) is 10.8. The highest BCUT2D eigenvalue weighted by Gasteiger charge is 2.53. The zero-order valence-corrected chi connectivity index (χ0v) is 21.3. The predicted octanol–water partition coefficient (Wildman–Crippen LogP) is 4.70. The summed E-state index contributed by atoms with van der Waals surface area (Å²) in [6.07, 6.45) is 9.04. The first-order valence-corrected chi connectivity index (χ1v) is 14.8. The molecule has 5 aliphatic rings. The van der Waals surface area contributed by atoms with Crippen molar-refractivity contribution in [1.29, 1.82) is 0 Å². The molecule has 4 saturated carbocycles. The molecule has 4 bridgehead atoms. The van der Waals surface area contributed by atoms with E-state index in [-0.39, 0.29) is 22.8 Å². The molecule has 1 aliphatic heterocycles. The first kappa shape index (κ1) is 22.9. The van der Waals surface area contributed by atoms with Crippen molar-refractivity contribution >= 4 is 44.0 Å². The molecule has 7 nitrogen and oxygen atoms in total. The van der Waals surface area contributed by atoms with Crippen LogP contribution in [0.15, 0.2) is 29.2 Å². The maximum Gasteiger partial charge on any atom is 0.243 e. The van der Waals surface area contributed by atoms with Crippen LogP contribution in [0.2, 0.25) is 5.02 Å². The number of carbonyl (C=O) groups is 1. The van der Waals surface area contributed by atoms with Crippen molar-refractivity contribution in [2.45, 2.75) is 61.7 Å². The summed E-state index contributed by atoms with van der Waals surface area (Å²) < 4.78 is 27.5. The molecule has 1 N–H and O–H groups in total. The summed E-state index contributed by atoms with van der Waals surface area (Å²) in [4.78, 5) is 13.3.